The van der Waals surface area contributed by atoms with Gasteiger partial charge in [0.15, 0.2) is 12.4 Å². The number of para-hydroxylation sites is 1. The van der Waals surface area contributed by atoms with Gasteiger partial charge in [-0.15, -0.1) is 12.4 Å². The molecule has 2 heterocycles. The van der Waals surface area contributed by atoms with E-state index in [1.54, 1.807) is 0 Å². The van der Waals surface area contributed by atoms with Crippen molar-refractivity contribution in [3.63, 3.8) is 0 Å². The highest BCUT2D eigenvalue weighted by Crippen LogP contribution is 2.21. The van der Waals surface area contributed by atoms with E-state index in [4.69, 9.17) is 9.26 Å². The van der Waals surface area contributed by atoms with Crippen LogP contribution in [0, 0.1) is 0 Å². The number of piperazine rings is 1. The highest BCUT2D eigenvalue weighted by Gasteiger charge is 2.25. The molecule has 0 aliphatic carbocycles. The van der Waals surface area contributed by atoms with Gasteiger partial charge in [0.2, 0.25) is 0 Å². The molecule has 2 aromatic rings. The minimum atomic E-state index is 0. The molecule has 1 atom stereocenters. The number of likely N-dealkylation sites (N-methyl/N-ethyl adjacent to an activating group) is 1. The molecule has 1 saturated heterocycles. The Hall–Kier alpha value is -1.63. The highest BCUT2D eigenvalue weighted by molar-refractivity contribution is 5.85. The number of aromatic nitrogens is 2. The number of hydrogen-bond donors (Lipinski definition) is 1. The molecule has 1 fully saturated rings. The number of aryl methyl sites for hydroxylation is 1. The summed E-state index contributed by atoms with van der Waals surface area (Å²) in [5, 5.41) is 7.45. The van der Waals surface area contributed by atoms with Crippen LogP contribution in [-0.4, -0.2) is 41.7 Å². The maximum absolute atomic E-state index is 5.82. The molecule has 6 nitrogen and oxygen atoms in total. The normalized spacial score (nSPS) is 18.4. The van der Waals surface area contributed by atoms with Gasteiger partial charge in [0.05, 0.1) is 6.04 Å². The van der Waals surface area contributed by atoms with Crippen LogP contribution in [0.25, 0.3) is 0 Å². The van der Waals surface area contributed by atoms with Gasteiger partial charge < -0.3 is 14.6 Å². The Balaban J connectivity index is 0.00000192. The maximum Gasteiger partial charge on any atom is 0.264 e. The number of hydrogen-bond acceptors (Lipinski definition) is 6. The van der Waals surface area contributed by atoms with Crippen LogP contribution in [0.4, 0.5) is 0 Å². The zero-order chi connectivity index (χ0) is 15.4. The minimum Gasteiger partial charge on any atom is -0.483 e. The third kappa shape index (κ3) is 4.22. The maximum atomic E-state index is 5.82. The van der Waals surface area contributed by atoms with E-state index in [0.29, 0.717) is 12.5 Å². The average molecular weight is 339 g/mol. The molecule has 1 aliphatic rings. The van der Waals surface area contributed by atoms with Gasteiger partial charge in [0.25, 0.3) is 5.89 Å². The molecular weight excluding hydrogens is 316 g/mol. The van der Waals surface area contributed by atoms with Crippen LogP contribution < -0.4 is 10.1 Å². The van der Waals surface area contributed by atoms with Gasteiger partial charge in [-0.3, -0.25) is 4.90 Å². The molecule has 1 unspecified atom stereocenters. The quantitative estimate of drug-likeness (QED) is 0.901. The van der Waals surface area contributed by atoms with Gasteiger partial charge in [0, 0.05) is 19.6 Å². The molecule has 0 spiro atoms. The molecule has 7 heteroatoms. The summed E-state index contributed by atoms with van der Waals surface area (Å²) in [5.41, 5.74) is 1.18. The lowest BCUT2D eigenvalue weighted by molar-refractivity contribution is 0.189. The first-order chi connectivity index (χ1) is 10.8. The molecule has 0 amide bonds. The van der Waals surface area contributed by atoms with Crippen LogP contribution in [-0.2, 0) is 13.0 Å². The summed E-state index contributed by atoms with van der Waals surface area (Å²) in [5.74, 6) is 2.11. The fraction of sp³-hybridized carbons (Fsp3) is 0.500. The molecule has 0 radical (unpaired) electrons. The Morgan fingerprint density at radius 1 is 1.39 bits per heavy atom. The number of nitrogens with one attached hydrogen (secondary N) is 1. The van der Waals surface area contributed by atoms with E-state index in [2.05, 4.69) is 40.4 Å². The van der Waals surface area contributed by atoms with E-state index >= 15 is 0 Å². The lowest BCUT2D eigenvalue weighted by atomic mass is 10.1. The smallest absolute Gasteiger partial charge is 0.264 e. The van der Waals surface area contributed by atoms with Crippen molar-refractivity contribution in [3.8, 4) is 5.75 Å². The predicted molar refractivity (Wildman–Crippen MR) is 89.9 cm³/mol. The molecule has 1 N–H and O–H groups in total. The highest BCUT2D eigenvalue weighted by atomic mass is 35.5. The van der Waals surface area contributed by atoms with E-state index in [1.165, 1.54) is 5.56 Å². The zero-order valence-corrected chi connectivity index (χ0v) is 14.3. The summed E-state index contributed by atoms with van der Waals surface area (Å²) in [4.78, 5) is 6.70. The monoisotopic (exact) mass is 338 g/mol. The van der Waals surface area contributed by atoms with Crippen molar-refractivity contribution in [2.75, 3.05) is 26.7 Å². The Kier molecular flexibility index (Phi) is 6.38. The van der Waals surface area contributed by atoms with Crippen molar-refractivity contribution in [2.45, 2.75) is 26.0 Å². The molecule has 1 aromatic heterocycles. The molecule has 1 aliphatic heterocycles. The largest absolute Gasteiger partial charge is 0.483 e. The third-order valence-corrected chi connectivity index (χ3v) is 4.00. The molecule has 3 rings (SSSR count). The van der Waals surface area contributed by atoms with Gasteiger partial charge in [-0.1, -0.05) is 30.3 Å². The fourth-order valence-electron chi connectivity index (χ4n) is 2.63. The second-order valence-electron chi connectivity index (χ2n) is 5.50. The zero-order valence-electron chi connectivity index (χ0n) is 13.5. The Morgan fingerprint density at radius 3 is 3.00 bits per heavy atom. The van der Waals surface area contributed by atoms with Gasteiger partial charge in [-0.2, -0.15) is 4.98 Å². The Morgan fingerprint density at radius 2 is 2.22 bits per heavy atom. The first kappa shape index (κ1) is 17.7. The summed E-state index contributed by atoms with van der Waals surface area (Å²) in [6, 6.07) is 8.18. The lowest BCUT2D eigenvalue weighted by Gasteiger charge is -2.30. The summed E-state index contributed by atoms with van der Waals surface area (Å²) >= 11 is 0. The summed E-state index contributed by atoms with van der Waals surface area (Å²) in [7, 11) is 2.08. The average Bonchev–Trinajstić information content (AvgIpc) is 3.02. The summed E-state index contributed by atoms with van der Waals surface area (Å²) in [6.07, 6.45) is 0.934. The second kappa shape index (κ2) is 8.29. The van der Waals surface area contributed by atoms with Crippen molar-refractivity contribution >= 4 is 12.4 Å². The van der Waals surface area contributed by atoms with Crippen molar-refractivity contribution in [2.24, 2.45) is 0 Å². The molecule has 1 aromatic carbocycles. The second-order valence-corrected chi connectivity index (χ2v) is 5.50. The molecule has 23 heavy (non-hydrogen) atoms. The fourth-order valence-corrected chi connectivity index (χ4v) is 2.63. The molecular formula is C16H23ClN4O2. The van der Waals surface area contributed by atoms with Gasteiger partial charge in [-0.25, -0.2) is 0 Å². The van der Waals surface area contributed by atoms with Crippen LogP contribution in [0.1, 0.15) is 30.2 Å². The third-order valence-electron chi connectivity index (χ3n) is 4.00. The van der Waals surface area contributed by atoms with Crippen LogP contribution in [0.5, 0.6) is 5.75 Å². The van der Waals surface area contributed by atoms with Gasteiger partial charge in [0.1, 0.15) is 5.75 Å². The Labute approximate surface area is 142 Å². The topological polar surface area (TPSA) is 63.4 Å². The van der Waals surface area contributed by atoms with Crippen molar-refractivity contribution < 1.29 is 9.26 Å². The number of nitrogens with zero attached hydrogens (tertiary/aromatic N) is 3. The lowest BCUT2D eigenvalue weighted by Crippen LogP contribution is -2.44. The van der Waals surface area contributed by atoms with Crippen LogP contribution >= 0.6 is 12.4 Å². The molecule has 0 saturated carbocycles. The summed E-state index contributed by atoms with van der Waals surface area (Å²) < 4.78 is 11.1. The van der Waals surface area contributed by atoms with E-state index in [0.717, 1.165) is 37.6 Å². The molecule has 126 valence electrons. The number of rotatable bonds is 5. The summed E-state index contributed by atoms with van der Waals surface area (Å²) in [6.45, 7) is 5.23. The van der Waals surface area contributed by atoms with Crippen molar-refractivity contribution in [1.29, 1.82) is 0 Å². The van der Waals surface area contributed by atoms with E-state index < -0.39 is 0 Å². The number of ether oxygens (including phenoxy) is 1. The van der Waals surface area contributed by atoms with Crippen LogP contribution in [0.2, 0.25) is 0 Å². The van der Waals surface area contributed by atoms with E-state index in [1.807, 2.05) is 18.2 Å². The van der Waals surface area contributed by atoms with Crippen molar-refractivity contribution in [1.82, 2.24) is 20.4 Å². The number of halogens is 1. The molecule has 0 bridgehead atoms. The van der Waals surface area contributed by atoms with Gasteiger partial charge >= 0.3 is 0 Å². The number of benzene rings is 1. The first-order valence-electron chi connectivity index (χ1n) is 7.72. The van der Waals surface area contributed by atoms with Crippen molar-refractivity contribution in [3.05, 3.63) is 41.5 Å². The van der Waals surface area contributed by atoms with E-state index in [-0.39, 0.29) is 18.4 Å². The predicted octanol–water partition coefficient (Wildman–Crippen LogP) is 2.21. The van der Waals surface area contributed by atoms with Crippen LogP contribution in [0.15, 0.2) is 28.8 Å². The Bertz CT molecular complexity index is 620. The van der Waals surface area contributed by atoms with E-state index in [9.17, 15) is 0 Å². The van der Waals surface area contributed by atoms with Crippen LogP contribution in [0.3, 0.4) is 0 Å². The standard InChI is InChI=1S/C16H22N4O2.ClH/c1-3-12-6-4-5-7-14(12)21-11-15-18-16(19-22-15)13-10-17-8-9-20(13)2;/h4-7,13,17H,3,8-11H2,1-2H3;1H. The first-order valence-corrected chi connectivity index (χ1v) is 7.72. The SMILES string of the molecule is CCc1ccccc1OCc1nc(C2CNCCN2C)no1.Cl. The minimum absolute atomic E-state index is 0. The van der Waals surface area contributed by atoms with Gasteiger partial charge in [-0.05, 0) is 25.1 Å².